The molecule has 2 aromatic heterocycles. The number of nitrogens with zero attached hydrogens (tertiary/aromatic N) is 4. The molecule has 0 radical (unpaired) electrons. The maximum absolute atomic E-state index is 11.9. The Bertz CT molecular complexity index is 884. The van der Waals surface area contributed by atoms with Gasteiger partial charge in [-0.05, 0) is 26.0 Å². The fourth-order valence-corrected chi connectivity index (χ4v) is 3.23. The second-order valence-electron chi connectivity index (χ2n) is 6.66. The Morgan fingerprint density at radius 2 is 2.25 bits per heavy atom. The molecule has 0 spiro atoms. The van der Waals surface area contributed by atoms with Crippen LogP contribution in [-0.4, -0.2) is 80.3 Å². The number of aliphatic imine (C=N–C) groups is 1. The molecule has 0 aliphatic carbocycles. The summed E-state index contributed by atoms with van der Waals surface area (Å²) in [5, 5.41) is 37.1. The molecule has 1 amide bonds. The Kier molecular flexibility index (Phi) is 5.61. The average Bonchev–Trinajstić information content (AvgIpc) is 3.18. The van der Waals surface area contributed by atoms with Crippen molar-refractivity contribution in [2.24, 2.45) is 4.99 Å². The van der Waals surface area contributed by atoms with Gasteiger partial charge >= 0.3 is 6.09 Å². The number of rotatable bonds is 5. The third-order valence-electron chi connectivity index (χ3n) is 4.41. The van der Waals surface area contributed by atoms with Crippen LogP contribution in [0.1, 0.15) is 19.5 Å². The van der Waals surface area contributed by atoms with Crippen LogP contribution in [0.2, 0.25) is 0 Å². The maximum atomic E-state index is 11.9. The smallest absolute Gasteiger partial charge is 0.413 e. The van der Waals surface area contributed by atoms with E-state index < -0.39 is 36.6 Å². The number of aromatic nitrogens is 3. The lowest BCUT2D eigenvalue weighted by Gasteiger charge is -2.27. The van der Waals surface area contributed by atoms with E-state index in [1.165, 1.54) is 24.1 Å². The monoisotopic (exact) mass is 393 g/mol. The molecule has 11 heteroatoms. The largest absolute Gasteiger partial charge is 0.447 e. The van der Waals surface area contributed by atoms with Gasteiger partial charge in [0.15, 0.2) is 11.4 Å². The summed E-state index contributed by atoms with van der Waals surface area (Å²) in [5.74, 6) is 0.197. The van der Waals surface area contributed by atoms with Gasteiger partial charge in [0, 0.05) is 13.3 Å². The minimum absolute atomic E-state index is 0.197. The molecule has 4 N–H and O–H groups in total. The number of carbonyl (C=O) groups excluding carboxylic acids is 1. The van der Waals surface area contributed by atoms with Crippen LogP contribution in [0.5, 0.6) is 0 Å². The maximum Gasteiger partial charge on any atom is 0.413 e. The first-order valence-electron chi connectivity index (χ1n) is 8.73. The molecular weight excluding hydrogens is 370 g/mol. The molecular formula is C17H23N5O6. The molecule has 0 saturated carbocycles. The summed E-state index contributed by atoms with van der Waals surface area (Å²) in [6.07, 6.45) is -2.13. The zero-order valence-corrected chi connectivity index (χ0v) is 15.7. The molecule has 152 valence electrons. The molecule has 1 saturated heterocycles. The first-order chi connectivity index (χ1) is 13.3. The molecule has 1 aliphatic rings. The number of nitrogens with one attached hydrogen (secondary N) is 1. The molecule has 2 aromatic rings. The highest BCUT2D eigenvalue weighted by Crippen LogP contribution is 2.39. The van der Waals surface area contributed by atoms with Gasteiger partial charge in [0.25, 0.3) is 0 Å². The molecule has 1 aliphatic heterocycles. The van der Waals surface area contributed by atoms with Crippen molar-refractivity contribution in [2.45, 2.75) is 43.9 Å². The lowest BCUT2D eigenvalue weighted by Crippen LogP contribution is -2.43. The number of aliphatic hydroxyl groups excluding tert-OH is 3. The Balaban J connectivity index is 2.06. The number of anilines is 1. The lowest BCUT2D eigenvalue weighted by atomic mass is 9.92. The Morgan fingerprint density at radius 1 is 1.50 bits per heavy atom. The molecule has 0 aromatic carbocycles. The fourth-order valence-electron chi connectivity index (χ4n) is 3.23. The van der Waals surface area contributed by atoms with Crippen molar-refractivity contribution >= 4 is 23.6 Å². The SMILES string of the molecule is C/N=C\[C@@]1(c2ccc3c(NC(=O)OC(C)C)ncnn23)O[C@H](CO)[C@@H](O)[C@H]1O. The number of hydrogen-bond donors (Lipinski definition) is 4. The summed E-state index contributed by atoms with van der Waals surface area (Å²) >= 11 is 0. The van der Waals surface area contributed by atoms with Crippen LogP contribution >= 0.6 is 0 Å². The van der Waals surface area contributed by atoms with Crippen LogP contribution < -0.4 is 5.32 Å². The topological polar surface area (TPSA) is 151 Å². The van der Waals surface area contributed by atoms with E-state index in [-0.39, 0.29) is 11.9 Å². The summed E-state index contributed by atoms with van der Waals surface area (Å²) in [5.41, 5.74) is -0.781. The van der Waals surface area contributed by atoms with Crippen LogP contribution in [0.3, 0.4) is 0 Å². The van der Waals surface area contributed by atoms with Crippen molar-refractivity contribution in [3.8, 4) is 0 Å². The van der Waals surface area contributed by atoms with Gasteiger partial charge in [-0.15, -0.1) is 0 Å². The van der Waals surface area contributed by atoms with Crippen LogP contribution in [0.15, 0.2) is 23.5 Å². The molecule has 3 heterocycles. The summed E-state index contributed by atoms with van der Waals surface area (Å²) < 4.78 is 12.3. The van der Waals surface area contributed by atoms with Gasteiger partial charge in [-0.2, -0.15) is 5.10 Å². The normalized spacial score (nSPS) is 27.8. The Labute approximate surface area is 160 Å². The van der Waals surface area contributed by atoms with E-state index in [1.807, 2.05) is 0 Å². The Hall–Kier alpha value is -2.60. The van der Waals surface area contributed by atoms with Gasteiger partial charge in [-0.3, -0.25) is 10.3 Å². The number of carbonyl (C=O) groups is 1. The molecule has 3 rings (SSSR count). The standard InChI is InChI=1S/C17H23N5O6/c1-9(2)27-16(26)21-15-10-4-5-12(22(10)20-8-19-15)17(7-18-3)14(25)13(24)11(6-23)28-17/h4-5,7-9,11,13-14,23-25H,6H2,1-3H3,(H,19,20,21,26)/b18-7-/t11-,13-,14-,17+/m1/s1. The van der Waals surface area contributed by atoms with Gasteiger partial charge in [0.05, 0.1) is 18.4 Å². The third-order valence-corrected chi connectivity index (χ3v) is 4.41. The van der Waals surface area contributed by atoms with Crippen LogP contribution in [0.25, 0.3) is 5.52 Å². The van der Waals surface area contributed by atoms with E-state index in [0.29, 0.717) is 11.2 Å². The van der Waals surface area contributed by atoms with Gasteiger partial charge < -0.3 is 24.8 Å². The highest BCUT2D eigenvalue weighted by atomic mass is 16.6. The van der Waals surface area contributed by atoms with Crippen molar-refractivity contribution in [3.63, 3.8) is 0 Å². The summed E-state index contributed by atoms with van der Waals surface area (Å²) in [4.78, 5) is 19.9. The van der Waals surface area contributed by atoms with Crippen LogP contribution in [-0.2, 0) is 15.1 Å². The van der Waals surface area contributed by atoms with Gasteiger partial charge in [-0.1, -0.05) is 0 Å². The van der Waals surface area contributed by atoms with Crippen molar-refractivity contribution < 1.29 is 29.6 Å². The number of aliphatic hydroxyl groups is 3. The highest BCUT2D eigenvalue weighted by molar-refractivity contribution is 5.89. The molecule has 0 bridgehead atoms. The highest BCUT2D eigenvalue weighted by Gasteiger charge is 2.55. The van der Waals surface area contributed by atoms with Gasteiger partial charge in [0.1, 0.15) is 30.2 Å². The van der Waals surface area contributed by atoms with E-state index in [0.717, 1.165) is 0 Å². The summed E-state index contributed by atoms with van der Waals surface area (Å²) in [6, 6.07) is 3.24. The first-order valence-corrected chi connectivity index (χ1v) is 8.73. The second kappa shape index (κ2) is 7.80. The minimum atomic E-state index is -1.54. The summed E-state index contributed by atoms with van der Waals surface area (Å²) in [7, 11) is 1.50. The zero-order valence-electron chi connectivity index (χ0n) is 15.7. The lowest BCUT2D eigenvalue weighted by molar-refractivity contribution is -0.0536. The second-order valence-corrected chi connectivity index (χ2v) is 6.66. The molecule has 0 unspecified atom stereocenters. The van der Waals surface area contributed by atoms with Crippen LogP contribution in [0.4, 0.5) is 10.6 Å². The average molecular weight is 393 g/mol. The Morgan fingerprint density at radius 3 is 2.86 bits per heavy atom. The molecule has 11 nitrogen and oxygen atoms in total. The quantitative estimate of drug-likeness (QED) is 0.505. The number of ether oxygens (including phenoxy) is 2. The zero-order chi connectivity index (χ0) is 20.5. The van der Waals surface area contributed by atoms with Gasteiger partial charge in [-0.25, -0.2) is 14.3 Å². The van der Waals surface area contributed by atoms with Crippen LogP contribution in [0, 0.1) is 0 Å². The van der Waals surface area contributed by atoms with E-state index >= 15 is 0 Å². The van der Waals surface area contributed by atoms with Crippen molar-refractivity contribution in [1.82, 2.24) is 14.6 Å². The van der Waals surface area contributed by atoms with Crippen molar-refractivity contribution in [2.75, 3.05) is 19.0 Å². The van der Waals surface area contributed by atoms with E-state index in [9.17, 15) is 20.1 Å². The van der Waals surface area contributed by atoms with E-state index in [2.05, 4.69) is 20.4 Å². The van der Waals surface area contributed by atoms with E-state index in [4.69, 9.17) is 9.47 Å². The molecule has 4 atom stereocenters. The predicted molar refractivity (Wildman–Crippen MR) is 98.3 cm³/mol. The molecule has 1 fully saturated rings. The van der Waals surface area contributed by atoms with Gasteiger partial charge in [0.2, 0.25) is 0 Å². The number of hydrogen-bond acceptors (Lipinski definition) is 9. The number of amides is 1. The fraction of sp³-hybridized carbons (Fsp3) is 0.529. The predicted octanol–water partition coefficient (Wildman–Crippen LogP) is -0.305. The van der Waals surface area contributed by atoms with Crippen molar-refractivity contribution in [1.29, 1.82) is 0 Å². The van der Waals surface area contributed by atoms with E-state index in [1.54, 1.807) is 26.0 Å². The minimum Gasteiger partial charge on any atom is -0.447 e. The molecule has 28 heavy (non-hydrogen) atoms. The summed E-state index contributed by atoms with van der Waals surface area (Å²) in [6.45, 7) is 2.96. The third kappa shape index (κ3) is 3.33. The number of fused-ring (bicyclic) bond motifs is 1. The first kappa shape index (κ1) is 20.1. The van der Waals surface area contributed by atoms with Crippen molar-refractivity contribution in [3.05, 3.63) is 24.2 Å².